The van der Waals surface area contributed by atoms with Crippen molar-refractivity contribution in [3.05, 3.63) is 188 Å². The largest absolute Gasteiger partial charge is 0.493 e. The van der Waals surface area contributed by atoms with Crippen molar-refractivity contribution in [2.75, 3.05) is 31.3 Å². The van der Waals surface area contributed by atoms with Crippen LogP contribution in [0.4, 0.5) is 17.1 Å². The molecule has 11 rings (SSSR count). The molecule has 3 N–H and O–H groups in total. The van der Waals surface area contributed by atoms with Crippen molar-refractivity contribution in [3.8, 4) is 72.9 Å². The zero-order valence-electron chi connectivity index (χ0n) is 81.4. The lowest BCUT2D eigenvalue weighted by molar-refractivity contribution is -0.132. The van der Waals surface area contributed by atoms with Gasteiger partial charge in [-0.25, -0.2) is 14.8 Å². The molecule has 14 heteroatoms. The van der Waals surface area contributed by atoms with E-state index >= 15 is 0 Å². The monoisotopic (exact) mass is 1820 g/mol. The topological polar surface area (TPSA) is 159 Å². The summed E-state index contributed by atoms with van der Waals surface area (Å²) >= 11 is 3.01. The number of benzene rings is 4. The molecule has 706 valence electrons. The summed E-state index contributed by atoms with van der Waals surface area (Å²) in [4.78, 5) is 38.1. The second-order valence-corrected chi connectivity index (χ2v) is 38.9. The normalized spacial score (nSPS) is 11.8. The third-order valence-corrected chi connectivity index (χ3v) is 28.1. The molecular formula is C118H156N6O6S2. The smallest absolute Gasteiger partial charge is 0.346 e. The van der Waals surface area contributed by atoms with Crippen LogP contribution in [-0.4, -0.2) is 57.4 Å². The molecule has 8 bridgehead atoms. The molecule has 0 saturated carbocycles. The van der Waals surface area contributed by atoms with Crippen molar-refractivity contribution in [1.29, 1.82) is 5.26 Å². The Bertz CT molecular complexity index is 5050. The van der Waals surface area contributed by atoms with Crippen LogP contribution in [0.1, 0.15) is 399 Å². The number of carboxylic acids is 1. The maximum Gasteiger partial charge on any atom is 0.346 e. The molecule has 5 aromatic heterocycles. The first-order valence-electron chi connectivity index (χ1n) is 52.1. The number of hydrogen-bond acceptors (Lipinski definition) is 11. The van der Waals surface area contributed by atoms with Crippen LogP contribution in [-0.2, 0) is 17.6 Å². The third-order valence-electron chi connectivity index (χ3n) is 25.9. The number of aryl methyl sites for hydroxylation is 2. The summed E-state index contributed by atoms with van der Waals surface area (Å²) in [5, 5.41) is 19.5. The molecule has 9 aromatic rings. The first kappa shape index (κ1) is 103. The van der Waals surface area contributed by atoms with Crippen LogP contribution in [0, 0.1) is 23.2 Å². The Balaban J connectivity index is 1.15. The number of fused-ring (bicyclic) bond motifs is 8. The molecule has 0 atom stereocenters. The highest BCUT2D eigenvalue weighted by atomic mass is 32.1. The SMILES string of the molecule is CCCCCCCCCCCCOc1cccc(OCCCCCCCCCCCC)c1-c1c2nc(c(N(c3ccc(CCCCCC)cc3)c3ccc(CCCCCC)cc3)c3ccc([nH]3)c(-c3c(OCCCCCCCCCCCC)cccc3OCCCCCCCCCCCC)c3nc(c(C#Cc4ccc(-c5ccc(/C=C(/C#N)C(=O)O)s5)s4)c4ccc1[nH]4)C=C3)C=C2. The molecule has 2 aliphatic rings. The number of carbonyl (C=O) groups is 1. The highest BCUT2D eigenvalue weighted by molar-refractivity contribution is 7.22. The lowest BCUT2D eigenvalue weighted by Gasteiger charge is -2.27. The highest BCUT2D eigenvalue weighted by Crippen LogP contribution is 2.49. The number of H-pyrrole nitrogens is 2. The number of aliphatic carboxylic acids is 1. The quantitative estimate of drug-likeness (QED) is 0.0145. The van der Waals surface area contributed by atoms with Crippen molar-refractivity contribution in [1.82, 2.24) is 19.9 Å². The molecule has 0 spiro atoms. The van der Waals surface area contributed by atoms with Crippen LogP contribution < -0.4 is 23.8 Å². The van der Waals surface area contributed by atoms with Gasteiger partial charge >= 0.3 is 5.97 Å². The van der Waals surface area contributed by atoms with Gasteiger partial charge in [0.15, 0.2) is 0 Å². The van der Waals surface area contributed by atoms with Crippen LogP contribution in [0.2, 0.25) is 0 Å². The Hall–Kier alpha value is -9.86. The molecule has 4 aromatic carbocycles. The number of carboxylic acid groups (broad SMARTS) is 1. The fourth-order valence-corrected chi connectivity index (χ4v) is 20.1. The average Bonchev–Trinajstić information content (AvgIpc) is 1.52. The summed E-state index contributed by atoms with van der Waals surface area (Å²) < 4.78 is 29.0. The Labute approximate surface area is 801 Å². The van der Waals surface area contributed by atoms with E-state index in [1.165, 1.54) is 273 Å². The molecule has 0 fully saturated rings. The highest BCUT2D eigenvalue weighted by Gasteiger charge is 2.28. The minimum Gasteiger partial charge on any atom is -0.493 e. The molecule has 132 heavy (non-hydrogen) atoms. The number of aromatic nitrogens is 4. The van der Waals surface area contributed by atoms with E-state index in [4.69, 9.17) is 28.9 Å². The van der Waals surface area contributed by atoms with Gasteiger partial charge in [0, 0.05) is 48.2 Å². The lowest BCUT2D eigenvalue weighted by Crippen LogP contribution is -2.12. The fourth-order valence-electron chi connectivity index (χ4n) is 18.2. The number of nitrogens with zero attached hydrogens (tertiary/aromatic N) is 4. The zero-order valence-corrected chi connectivity index (χ0v) is 83.0. The summed E-state index contributed by atoms with van der Waals surface area (Å²) in [5.74, 6) is 9.14. The van der Waals surface area contributed by atoms with E-state index < -0.39 is 5.97 Å². The first-order chi connectivity index (χ1) is 65.1. The Morgan fingerprint density at radius 2 is 0.689 bits per heavy atom. The van der Waals surface area contributed by atoms with Crippen molar-refractivity contribution in [2.45, 2.75) is 363 Å². The predicted molar refractivity (Wildman–Crippen MR) is 564 cm³/mol. The second-order valence-electron chi connectivity index (χ2n) is 36.7. The summed E-state index contributed by atoms with van der Waals surface area (Å²) in [6, 6.07) is 50.0. The van der Waals surface area contributed by atoms with Crippen LogP contribution in [0.25, 0.3) is 84.5 Å². The number of nitrogens with one attached hydrogen (secondary N) is 2. The summed E-state index contributed by atoms with van der Waals surface area (Å²) in [6.07, 6.45) is 70.7. The summed E-state index contributed by atoms with van der Waals surface area (Å²) in [5.41, 5.74) is 15.5. The minimum atomic E-state index is -1.25. The van der Waals surface area contributed by atoms with E-state index in [-0.39, 0.29) is 5.57 Å². The van der Waals surface area contributed by atoms with E-state index in [0.29, 0.717) is 42.6 Å². The van der Waals surface area contributed by atoms with Gasteiger partial charge < -0.3 is 38.9 Å². The number of nitriles is 1. The number of rotatable bonds is 66. The van der Waals surface area contributed by atoms with Gasteiger partial charge in [-0.1, -0.05) is 359 Å². The van der Waals surface area contributed by atoms with Crippen LogP contribution in [0.5, 0.6) is 23.0 Å². The molecule has 12 nitrogen and oxygen atoms in total. The number of hydrogen-bond donors (Lipinski definition) is 3. The summed E-state index contributed by atoms with van der Waals surface area (Å²) in [7, 11) is 0. The molecule has 0 amide bonds. The van der Waals surface area contributed by atoms with Crippen LogP contribution in [0.3, 0.4) is 0 Å². The molecule has 0 radical (unpaired) electrons. The van der Waals surface area contributed by atoms with Crippen molar-refractivity contribution >= 4 is 98.2 Å². The molecule has 0 aliphatic carbocycles. The van der Waals surface area contributed by atoms with E-state index in [2.05, 4.69) is 214 Å². The number of aromatic amines is 2. The second kappa shape index (κ2) is 59.7. The number of thiophene rings is 2. The fraction of sp³-hybridized carbons (Fsp3) is 0.508. The van der Waals surface area contributed by atoms with Gasteiger partial charge in [0.05, 0.1) is 87.5 Å². The van der Waals surface area contributed by atoms with Crippen LogP contribution in [0.15, 0.2) is 139 Å². The van der Waals surface area contributed by atoms with E-state index in [1.807, 2.05) is 18.2 Å². The van der Waals surface area contributed by atoms with Gasteiger partial charge in [-0.15, -0.1) is 22.7 Å². The van der Waals surface area contributed by atoms with Gasteiger partial charge in [0.1, 0.15) is 34.6 Å². The standard InChI is InChI=1S/C118H156N6O6S2/c1-7-13-19-25-29-33-37-41-45-51-85-127-107-59-55-60-108(128-86-52-46-42-38-34-30-26-20-14-8-2)115(107)113-101-77-75-99(120-101)98(74-71-96-72-83-111(131-96)112-84-73-97(132-112)89-93(90-119)118(125)126)100-76-78-102(121-100)114(116-109(129-87-53-47-43-39-35-31-27-21-15-9-3)61-56-62-110(116)130-88-54-48-44-40-36-32-28-22-16-10-4)104-80-82-106(123-104)117(105-81-79-103(113)122-105)124(94-67-63-91(64-68-94)57-49-23-17-11-5)95-69-65-92(66-70-95)58-50-24-18-12-6/h55-56,59-70,72-73,75-84,89,120,123H,7-54,57-58,85-88H2,1-6H3,(H,125,126)/b93-89-,99-98?,100-98?,113-101?,113-103?,114-102?,114-104?,117-105?,117-106?. The van der Waals surface area contributed by atoms with E-state index in [1.54, 1.807) is 11.3 Å². The molecular weight excluding hydrogens is 1660 g/mol. The van der Waals surface area contributed by atoms with E-state index in [0.717, 1.165) is 193 Å². The van der Waals surface area contributed by atoms with Gasteiger partial charge in [0.2, 0.25) is 0 Å². The number of unbranched alkanes of at least 4 members (excludes halogenated alkanes) is 42. The Morgan fingerprint density at radius 3 is 1.08 bits per heavy atom. The lowest BCUT2D eigenvalue weighted by atomic mass is 10.0. The van der Waals surface area contributed by atoms with Gasteiger partial charge in [0.25, 0.3) is 0 Å². The Kier molecular flexibility index (Phi) is 46.4. The van der Waals surface area contributed by atoms with Crippen molar-refractivity contribution in [2.24, 2.45) is 0 Å². The third kappa shape index (κ3) is 33.1. The molecule has 7 heterocycles. The maximum absolute atomic E-state index is 12.0. The van der Waals surface area contributed by atoms with Gasteiger partial charge in [-0.3, -0.25) is 0 Å². The summed E-state index contributed by atoms with van der Waals surface area (Å²) in [6.45, 7) is 15.9. The molecule has 0 saturated heterocycles. The van der Waals surface area contributed by atoms with Crippen molar-refractivity contribution in [3.63, 3.8) is 0 Å². The Morgan fingerprint density at radius 1 is 0.356 bits per heavy atom. The minimum absolute atomic E-state index is 0.312. The maximum atomic E-state index is 12.0. The van der Waals surface area contributed by atoms with Gasteiger partial charge in [-0.05, 0) is 190 Å². The molecule has 0 unspecified atom stereocenters. The zero-order chi connectivity index (χ0) is 92.2. The van der Waals surface area contributed by atoms with Gasteiger partial charge in [-0.2, -0.15) is 5.26 Å². The molecule has 2 aliphatic heterocycles. The first-order valence-corrected chi connectivity index (χ1v) is 53.8. The van der Waals surface area contributed by atoms with Crippen molar-refractivity contribution < 1.29 is 28.8 Å². The van der Waals surface area contributed by atoms with Crippen LogP contribution >= 0.6 is 22.7 Å². The predicted octanol–water partition coefficient (Wildman–Crippen LogP) is 36.1. The number of anilines is 3. The van der Waals surface area contributed by atoms with E-state index in [9.17, 15) is 15.2 Å². The number of ether oxygens (including phenoxy) is 4. The average molecular weight is 1820 g/mol.